The summed E-state index contributed by atoms with van der Waals surface area (Å²) in [6.45, 7) is 3.45. The Morgan fingerprint density at radius 1 is 1.38 bits per heavy atom. The van der Waals surface area contributed by atoms with Gasteiger partial charge in [-0.25, -0.2) is 0 Å². The fraction of sp³-hybridized carbons (Fsp3) is 0.556. The maximum absolute atomic E-state index is 6.04. The molecule has 2 heterocycles. The summed E-state index contributed by atoms with van der Waals surface area (Å²) in [6, 6.07) is 1.99. The maximum atomic E-state index is 6.04. The Bertz CT molecular complexity index is 268. The van der Waals surface area contributed by atoms with Crippen molar-refractivity contribution in [2.45, 2.75) is 6.54 Å². The van der Waals surface area contributed by atoms with Crippen LogP contribution in [0.4, 0.5) is 0 Å². The fourth-order valence-corrected chi connectivity index (χ4v) is 3.52. The Morgan fingerprint density at radius 2 is 2.15 bits per heavy atom. The molecule has 0 amide bonds. The van der Waals surface area contributed by atoms with E-state index >= 15 is 0 Å². The third-order valence-corrected chi connectivity index (χ3v) is 4.48. The number of halogens is 1. The molecule has 4 heteroatoms. The smallest absolute Gasteiger partial charge is 0.0558 e. The average molecular weight is 234 g/mol. The van der Waals surface area contributed by atoms with Crippen molar-refractivity contribution in [3.63, 3.8) is 0 Å². The summed E-state index contributed by atoms with van der Waals surface area (Å²) in [5.41, 5.74) is 0. The lowest BCUT2D eigenvalue weighted by atomic mass is 10.4. The highest BCUT2D eigenvalue weighted by Crippen LogP contribution is 2.24. The van der Waals surface area contributed by atoms with E-state index in [1.807, 2.05) is 17.8 Å². The number of nitrogens with zero attached hydrogens (tertiary/aromatic N) is 1. The molecule has 0 radical (unpaired) electrons. The van der Waals surface area contributed by atoms with Crippen LogP contribution in [0.3, 0.4) is 0 Å². The first kappa shape index (κ1) is 9.84. The molecule has 1 aromatic rings. The van der Waals surface area contributed by atoms with Crippen LogP contribution in [0.2, 0.25) is 5.02 Å². The third kappa shape index (κ3) is 2.62. The quantitative estimate of drug-likeness (QED) is 0.773. The molecule has 1 fully saturated rings. The lowest BCUT2D eigenvalue weighted by Crippen LogP contribution is -2.31. The second-order valence-corrected chi connectivity index (χ2v) is 5.71. The normalized spacial score (nSPS) is 19.2. The molecule has 0 unspecified atom stereocenters. The summed E-state index contributed by atoms with van der Waals surface area (Å²) < 4.78 is 0. The predicted molar refractivity (Wildman–Crippen MR) is 61.9 cm³/mol. The van der Waals surface area contributed by atoms with Crippen LogP contribution >= 0.6 is 34.7 Å². The molecule has 1 nitrogen and oxygen atoms in total. The van der Waals surface area contributed by atoms with Gasteiger partial charge in [0, 0.05) is 36.0 Å². The number of hydrogen-bond acceptors (Lipinski definition) is 3. The van der Waals surface area contributed by atoms with Crippen LogP contribution in [0.1, 0.15) is 4.88 Å². The van der Waals surface area contributed by atoms with E-state index in [4.69, 9.17) is 11.6 Å². The first-order valence-corrected chi connectivity index (χ1v) is 6.79. The third-order valence-electron chi connectivity index (χ3n) is 2.16. The number of rotatable bonds is 2. The second-order valence-electron chi connectivity index (χ2n) is 3.08. The Balaban J connectivity index is 1.93. The SMILES string of the molecule is Clc1ccsc1CN1CCSCC1. The topological polar surface area (TPSA) is 3.24 Å². The monoisotopic (exact) mass is 233 g/mol. The van der Waals surface area contributed by atoms with Gasteiger partial charge in [-0.3, -0.25) is 4.90 Å². The van der Waals surface area contributed by atoms with E-state index in [-0.39, 0.29) is 0 Å². The van der Waals surface area contributed by atoms with Gasteiger partial charge in [0.25, 0.3) is 0 Å². The summed E-state index contributed by atoms with van der Waals surface area (Å²) in [4.78, 5) is 3.79. The molecule has 0 aromatic carbocycles. The zero-order valence-electron chi connectivity index (χ0n) is 7.33. The van der Waals surface area contributed by atoms with E-state index in [0.29, 0.717) is 0 Å². The van der Waals surface area contributed by atoms with Crippen molar-refractivity contribution in [2.75, 3.05) is 24.6 Å². The largest absolute Gasteiger partial charge is 0.297 e. The summed E-state index contributed by atoms with van der Waals surface area (Å²) >= 11 is 9.84. The van der Waals surface area contributed by atoms with Gasteiger partial charge in [0.15, 0.2) is 0 Å². The van der Waals surface area contributed by atoms with Crippen LogP contribution < -0.4 is 0 Å². The summed E-state index contributed by atoms with van der Waals surface area (Å²) in [7, 11) is 0. The number of thioether (sulfide) groups is 1. The van der Waals surface area contributed by atoms with Crippen molar-refractivity contribution in [2.24, 2.45) is 0 Å². The predicted octanol–water partition coefficient (Wildman–Crippen LogP) is 2.95. The van der Waals surface area contributed by atoms with Gasteiger partial charge in [-0.05, 0) is 11.4 Å². The molecule has 13 heavy (non-hydrogen) atoms. The van der Waals surface area contributed by atoms with E-state index < -0.39 is 0 Å². The summed E-state index contributed by atoms with van der Waals surface area (Å²) in [6.07, 6.45) is 0. The summed E-state index contributed by atoms with van der Waals surface area (Å²) in [5, 5.41) is 3.00. The molecule has 0 spiro atoms. The first-order chi connectivity index (χ1) is 6.36. The van der Waals surface area contributed by atoms with Crippen LogP contribution in [0.5, 0.6) is 0 Å². The first-order valence-electron chi connectivity index (χ1n) is 4.38. The van der Waals surface area contributed by atoms with Crippen molar-refractivity contribution in [3.8, 4) is 0 Å². The van der Waals surface area contributed by atoms with Crippen LogP contribution in [-0.2, 0) is 6.54 Å². The molecule has 2 rings (SSSR count). The highest BCUT2D eigenvalue weighted by molar-refractivity contribution is 7.99. The molecule has 0 saturated carbocycles. The Labute approximate surface area is 92.1 Å². The van der Waals surface area contributed by atoms with Crippen LogP contribution in [-0.4, -0.2) is 29.5 Å². The van der Waals surface area contributed by atoms with E-state index in [9.17, 15) is 0 Å². The molecule has 1 aromatic heterocycles. The highest BCUT2D eigenvalue weighted by atomic mass is 35.5. The molecular weight excluding hydrogens is 222 g/mol. The molecule has 0 atom stereocenters. The van der Waals surface area contributed by atoms with Gasteiger partial charge in [-0.15, -0.1) is 11.3 Å². The van der Waals surface area contributed by atoms with Gasteiger partial charge >= 0.3 is 0 Å². The second kappa shape index (κ2) is 4.69. The molecular formula is C9H12ClNS2. The van der Waals surface area contributed by atoms with E-state index in [0.717, 1.165) is 11.6 Å². The molecule has 0 aliphatic carbocycles. The zero-order valence-corrected chi connectivity index (χ0v) is 9.72. The van der Waals surface area contributed by atoms with Crippen molar-refractivity contribution in [3.05, 3.63) is 21.3 Å². The Kier molecular flexibility index (Phi) is 3.55. The Morgan fingerprint density at radius 3 is 2.77 bits per heavy atom. The van der Waals surface area contributed by atoms with Gasteiger partial charge in [0.1, 0.15) is 0 Å². The molecule has 1 aliphatic heterocycles. The minimum Gasteiger partial charge on any atom is -0.297 e. The maximum Gasteiger partial charge on any atom is 0.0558 e. The molecule has 1 saturated heterocycles. The minimum absolute atomic E-state index is 0.934. The lowest BCUT2D eigenvalue weighted by Gasteiger charge is -2.25. The fourth-order valence-electron chi connectivity index (χ4n) is 1.40. The molecule has 0 N–H and O–H groups in total. The van der Waals surface area contributed by atoms with E-state index in [1.165, 1.54) is 29.5 Å². The lowest BCUT2D eigenvalue weighted by molar-refractivity contribution is 0.297. The van der Waals surface area contributed by atoms with Crippen molar-refractivity contribution < 1.29 is 0 Å². The van der Waals surface area contributed by atoms with Crippen LogP contribution in [0, 0.1) is 0 Å². The summed E-state index contributed by atoms with van der Waals surface area (Å²) in [5.74, 6) is 2.53. The van der Waals surface area contributed by atoms with Gasteiger partial charge in [-0.1, -0.05) is 11.6 Å². The van der Waals surface area contributed by atoms with Crippen LogP contribution in [0.15, 0.2) is 11.4 Å². The zero-order chi connectivity index (χ0) is 9.10. The molecule has 72 valence electrons. The van der Waals surface area contributed by atoms with E-state index in [1.54, 1.807) is 11.3 Å². The van der Waals surface area contributed by atoms with E-state index in [2.05, 4.69) is 10.3 Å². The van der Waals surface area contributed by atoms with Crippen molar-refractivity contribution in [1.82, 2.24) is 4.90 Å². The minimum atomic E-state index is 0.934. The standard InChI is InChI=1S/C9H12ClNS2/c10-8-1-4-13-9(8)7-11-2-5-12-6-3-11/h1,4H,2-3,5-7H2. The van der Waals surface area contributed by atoms with Gasteiger partial charge in [0.05, 0.1) is 5.02 Å². The van der Waals surface area contributed by atoms with Crippen molar-refractivity contribution >= 4 is 34.7 Å². The molecule has 0 bridgehead atoms. The number of thiophene rings is 1. The number of hydrogen-bond donors (Lipinski definition) is 0. The highest BCUT2D eigenvalue weighted by Gasteiger charge is 2.12. The molecule has 1 aliphatic rings. The van der Waals surface area contributed by atoms with Crippen LogP contribution in [0.25, 0.3) is 0 Å². The Hall–Kier alpha value is 0.300. The van der Waals surface area contributed by atoms with Gasteiger partial charge < -0.3 is 0 Å². The van der Waals surface area contributed by atoms with Gasteiger partial charge in [0.2, 0.25) is 0 Å². The van der Waals surface area contributed by atoms with Gasteiger partial charge in [-0.2, -0.15) is 11.8 Å². The van der Waals surface area contributed by atoms with Crippen molar-refractivity contribution in [1.29, 1.82) is 0 Å². The average Bonchev–Trinajstić information content (AvgIpc) is 2.54.